The molecule has 10 nitrogen and oxygen atoms in total. The quantitative estimate of drug-likeness (QED) is 0.109. The van der Waals surface area contributed by atoms with Crippen molar-refractivity contribution in [1.82, 2.24) is 15.2 Å². The van der Waals surface area contributed by atoms with E-state index < -0.39 is 42.4 Å². The fourth-order valence-corrected chi connectivity index (χ4v) is 6.18. The molecule has 0 aliphatic carbocycles. The van der Waals surface area contributed by atoms with E-state index in [-0.39, 0.29) is 10.8 Å². The zero-order chi connectivity index (χ0) is 35.2. The summed E-state index contributed by atoms with van der Waals surface area (Å²) in [5.74, 6) is -2.35. The van der Waals surface area contributed by atoms with Crippen molar-refractivity contribution in [2.45, 2.75) is 122 Å². The van der Waals surface area contributed by atoms with Gasteiger partial charge in [0.25, 0.3) is 0 Å². The first kappa shape index (κ1) is 39.1. The Kier molecular flexibility index (Phi) is 16.1. The molecule has 2 aromatic carbocycles. The maximum absolute atomic E-state index is 12.9. The van der Waals surface area contributed by atoms with Crippen LogP contribution in [0.25, 0.3) is 11.0 Å². The molecule has 2 heterocycles. The van der Waals surface area contributed by atoms with E-state index in [0.29, 0.717) is 55.2 Å². The van der Waals surface area contributed by atoms with Gasteiger partial charge in [0.15, 0.2) is 5.82 Å². The maximum Gasteiger partial charge on any atom is 0.318 e. The number of rotatable bonds is 21. The summed E-state index contributed by atoms with van der Waals surface area (Å²) in [7, 11) is 0. The first-order chi connectivity index (χ1) is 23.8. The van der Waals surface area contributed by atoms with Gasteiger partial charge in [0.1, 0.15) is 42.0 Å². The van der Waals surface area contributed by atoms with Crippen LogP contribution in [0.1, 0.15) is 114 Å². The number of carbonyl (C=O) groups is 1. The van der Waals surface area contributed by atoms with Crippen molar-refractivity contribution in [2.24, 2.45) is 0 Å². The smallest absolute Gasteiger partial charge is 0.318 e. The summed E-state index contributed by atoms with van der Waals surface area (Å²) in [6.45, 7) is 13.1. The Hall–Kier alpha value is -2.73. The SMILES string of the molecule is CCCCOC[C@H]1O[C@@H](c2ccc(Cl)c(C(C(=O)O)c3nnc4cc(C)ccc4n3)c2)[C@H](OCCCC)[C@@H](OCCCC)[C@@H]1OCCCC. The molecular weight excluding hydrogens is 646 g/mol. The number of fused-ring (bicyclic) bond motifs is 1. The molecule has 0 spiro atoms. The minimum absolute atomic E-state index is 0.0515. The summed E-state index contributed by atoms with van der Waals surface area (Å²) in [5, 5.41) is 19.3. The number of hydrogen-bond donors (Lipinski definition) is 1. The van der Waals surface area contributed by atoms with Gasteiger partial charge in [0.2, 0.25) is 0 Å². The molecule has 0 radical (unpaired) electrons. The Morgan fingerprint density at radius 1 is 0.816 bits per heavy atom. The maximum atomic E-state index is 12.9. The molecule has 49 heavy (non-hydrogen) atoms. The monoisotopic (exact) mass is 699 g/mol. The normalized spacial score (nSPS) is 21.6. The Bertz CT molecular complexity index is 1460. The highest BCUT2D eigenvalue weighted by atomic mass is 35.5. The molecule has 1 fully saturated rings. The molecule has 0 amide bonds. The van der Waals surface area contributed by atoms with Gasteiger partial charge in [0.05, 0.1) is 12.1 Å². The highest BCUT2D eigenvalue weighted by Gasteiger charge is 2.49. The second-order valence-corrected chi connectivity index (χ2v) is 13.2. The number of benzene rings is 2. The van der Waals surface area contributed by atoms with Crippen LogP contribution in [0.3, 0.4) is 0 Å². The van der Waals surface area contributed by atoms with Gasteiger partial charge in [-0.25, -0.2) is 4.98 Å². The number of aliphatic carboxylic acids is 1. The van der Waals surface area contributed by atoms with Crippen LogP contribution in [0.5, 0.6) is 0 Å². The third-order valence-corrected chi connectivity index (χ3v) is 9.12. The molecular formula is C38H54ClN3O7. The van der Waals surface area contributed by atoms with E-state index in [4.69, 9.17) is 35.3 Å². The topological polar surface area (TPSA) is 122 Å². The minimum Gasteiger partial charge on any atom is -0.480 e. The molecule has 1 aromatic heterocycles. The molecule has 270 valence electrons. The van der Waals surface area contributed by atoms with Gasteiger partial charge in [-0.15, -0.1) is 10.2 Å². The minimum atomic E-state index is -1.26. The second-order valence-electron chi connectivity index (χ2n) is 12.8. The zero-order valence-electron chi connectivity index (χ0n) is 29.7. The summed E-state index contributed by atoms with van der Waals surface area (Å²) in [6.07, 6.45) is 5.17. The van der Waals surface area contributed by atoms with E-state index >= 15 is 0 Å². The summed E-state index contributed by atoms with van der Waals surface area (Å²) < 4.78 is 32.8. The van der Waals surface area contributed by atoms with Gasteiger partial charge in [-0.3, -0.25) is 4.79 Å². The molecule has 11 heteroatoms. The second kappa shape index (κ2) is 20.2. The van der Waals surface area contributed by atoms with Crippen LogP contribution in [0.4, 0.5) is 0 Å². The highest BCUT2D eigenvalue weighted by molar-refractivity contribution is 6.31. The molecule has 0 bridgehead atoms. The van der Waals surface area contributed by atoms with E-state index in [1.807, 2.05) is 31.2 Å². The molecule has 1 aliphatic heterocycles. The lowest BCUT2D eigenvalue weighted by molar-refractivity contribution is -0.268. The van der Waals surface area contributed by atoms with Gasteiger partial charge < -0.3 is 28.8 Å². The summed E-state index contributed by atoms with van der Waals surface area (Å²) in [4.78, 5) is 17.5. The lowest BCUT2D eigenvalue weighted by Crippen LogP contribution is -2.58. The van der Waals surface area contributed by atoms with Crippen molar-refractivity contribution >= 4 is 28.6 Å². The van der Waals surface area contributed by atoms with Crippen molar-refractivity contribution in [2.75, 3.05) is 33.0 Å². The van der Waals surface area contributed by atoms with Gasteiger partial charge >= 0.3 is 5.97 Å². The lowest BCUT2D eigenvalue weighted by Gasteiger charge is -2.46. The molecule has 1 aliphatic rings. The van der Waals surface area contributed by atoms with Gasteiger partial charge in [-0.1, -0.05) is 83.2 Å². The predicted molar refractivity (Wildman–Crippen MR) is 190 cm³/mol. The van der Waals surface area contributed by atoms with Crippen molar-refractivity contribution in [1.29, 1.82) is 0 Å². The standard InChI is InChI=1S/C38H54ClN3O7/c1-6-10-18-45-24-31-34(46-19-11-7-2)36(48-21-13-9-4)35(47-20-12-8-3)33(49-31)26-15-16-28(39)27(23-26)32(38(43)44)37-40-29-17-14-25(5)22-30(29)41-42-37/h14-17,22-23,31-36H,6-13,18-21,24H2,1-5H3,(H,43,44)/t31-,32?,33+,34-,35+,36+/m1/s1. The number of carboxylic acid groups (broad SMARTS) is 1. The number of aryl methyl sites for hydroxylation is 1. The van der Waals surface area contributed by atoms with Crippen LogP contribution in [0, 0.1) is 6.92 Å². The van der Waals surface area contributed by atoms with Crippen molar-refractivity contribution in [3.8, 4) is 0 Å². The average molecular weight is 700 g/mol. The summed E-state index contributed by atoms with van der Waals surface area (Å²) in [6, 6.07) is 10.9. The third kappa shape index (κ3) is 10.6. The molecule has 1 unspecified atom stereocenters. The summed E-state index contributed by atoms with van der Waals surface area (Å²) in [5.41, 5.74) is 3.21. The van der Waals surface area contributed by atoms with E-state index in [1.165, 1.54) is 0 Å². The number of aromatic nitrogens is 3. The van der Waals surface area contributed by atoms with E-state index in [9.17, 15) is 9.90 Å². The third-order valence-electron chi connectivity index (χ3n) is 8.77. The van der Waals surface area contributed by atoms with E-state index in [2.05, 4.69) is 42.9 Å². The molecule has 4 rings (SSSR count). The number of nitrogens with zero attached hydrogens (tertiary/aromatic N) is 3. The first-order valence-corrected chi connectivity index (χ1v) is 18.4. The van der Waals surface area contributed by atoms with Gasteiger partial charge in [0, 0.05) is 31.5 Å². The molecule has 0 saturated carbocycles. The first-order valence-electron chi connectivity index (χ1n) is 18.0. The van der Waals surface area contributed by atoms with Crippen LogP contribution < -0.4 is 0 Å². The molecule has 3 aromatic rings. The lowest BCUT2D eigenvalue weighted by atomic mass is 9.88. The van der Waals surface area contributed by atoms with Crippen LogP contribution in [-0.4, -0.2) is 83.7 Å². The highest BCUT2D eigenvalue weighted by Crippen LogP contribution is 2.40. The molecule has 1 N–H and O–H groups in total. The van der Waals surface area contributed by atoms with Crippen LogP contribution in [0.15, 0.2) is 36.4 Å². The van der Waals surface area contributed by atoms with Crippen molar-refractivity contribution < 1.29 is 33.6 Å². The fraction of sp³-hybridized carbons (Fsp3) is 0.632. The average Bonchev–Trinajstić information content (AvgIpc) is 3.09. The Labute approximate surface area is 296 Å². The Morgan fingerprint density at radius 2 is 1.45 bits per heavy atom. The number of carboxylic acids is 1. The number of halogens is 1. The fourth-order valence-electron chi connectivity index (χ4n) is 5.95. The Morgan fingerprint density at radius 3 is 2.10 bits per heavy atom. The van der Waals surface area contributed by atoms with Gasteiger partial charge in [-0.05, 0) is 67.5 Å². The van der Waals surface area contributed by atoms with Crippen LogP contribution in [-0.2, 0) is 28.5 Å². The Balaban J connectivity index is 1.77. The largest absolute Gasteiger partial charge is 0.480 e. The van der Waals surface area contributed by atoms with Crippen molar-refractivity contribution in [3.63, 3.8) is 0 Å². The van der Waals surface area contributed by atoms with Crippen molar-refractivity contribution in [3.05, 3.63) is 63.9 Å². The van der Waals surface area contributed by atoms with E-state index in [1.54, 1.807) is 12.1 Å². The number of ether oxygens (including phenoxy) is 5. The number of unbranched alkanes of at least 4 members (excludes halogenated alkanes) is 4. The molecule has 1 saturated heterocycles. The van der Waals surface area contributed by atoms with Crippen LogP contribution >= 0.6 is 11.6 Å². The number of hydrogen-bond acceptors (Lipinski definition) is 9. The predicted octanol–water partition coefficient (Wildman–Crippen LogP) is 8.02. The zero-order valence-corrected chi connectivity index (χ0v) is 30.5. The summed E-state index contributed by atoms with van der Waals surface area (Å²) >= 11 is 6.76. The van der Waals surface area contributed by atoms with Gasteiger partial charge in [-0.2, -0.15) is 0 Å². The molecule has 6 atom stereocenters. The van der Waals surface area contributed by atoms with E-state index in [0.717, 1.165) is 56.9 Å². The van der Waals surface area contributed by atoms with Crippen LogP contribution in [0.2, 0.25) is 5.02 Å².